The van der Waals surface area contributed by atoms with Gasteiger partial charge in [0.05, 0.1) is 18.6 Å². The first-order chi connectivity index (χ1) is 9.28. The van der Waals surface area contributed by atoms with E-state index >= 15 is 0 Å². The van der Waals surface area contributed by atoms with Crippen molar-refractivity contribution in [2.75, 3.05) is 6.61 Å². The summed E-state index contributed by atoms with van der Waals surface area (Å²) in [5, 5.41) is 8.73. The largest absolute Gasteiger partial charge is 0.573 e. The number of halogens is 4. The van der Waals surface area contributed by atoms with E-state index in [1.807, 2.05) is 0 Å². The number of rotatable bonds is 4. The third-order valence-electron chi connectivity index (χ3n) is 2.17. The molecule has 0 heterocycles. The lowest BCUT2D eigenvalue weighted by atomic mass is 10.1. The molecule has 0 aromatic heterocycles. The normalized spacial score (nSPS) is 10.8. The maximum Gasteiger partial charge on any atom is 0.573 e. The molecule has 20 heavy (non-hydrogen) atoms. The molecule has 0 aliphatic carbocycles. The van der Waals surface area contributed by atoms with Crippen LogP contribution in [0.15, 0.2) is 12.1 Å². The van der Waals surface area contributed by atoms with Crippen LogP contribution >= 0.6 is 0 Å². The smallest absolute Gasteiger partial charge is 0.466 e. The number of nitriles is 1. The van der Waals surface area contributed by atoms with Gasteiger partial charge in [0.2, 0.25) is 0 Å². The van der Waals surface area contributed by atoms with Gasteiger partial charge >= 0.3 is 12.3 Å². The molecule has 1 rings (SSSR count). The van der Waals surface area contributed by atoms with Gasteiger partial charge in [0.15, 0.2) is 5.75 Å². The van der Waals surface area contributed by atoms with Crippen LogP contribution in [0.25, 0.3) is 0 Å². The number of hydrogen-bond donors (Lipinski definition) is 0. The Morgan fingerprint density at radius 2 is 2.05 bits per heavy atom. The zero-order valence-corrected chi connectivity index (χ0v) is 10.3. The summed E-state index contributed by atoms with van der Waals surface area (Å²) in [7, 11) is 0. The lowest BCUT2D eigenvalue weighted by Gasteiger charge is -2.15. The van der Waals surface area contributed by atoms with Crippen molar-refractivity contribution in [1.82, 2.24) is 0 Å². The van der Waals surface area contributed by atoms with Gasteiger partial charge in [-0.3, -0.25) is 4.79 Å². The number of ether oxygens (including phenoxy) is 2. The monoisotopic (exact) mass is 291 g/mol. The Morgan fingerprint density at radius 3 is 2.55 bits per heavy atom. The summed E-state index contributed by atoms with van der Waals surface area (Å²) >= 11 is 0. The van der Waals surface area contributed by atoms with Crippen LogP contribution in [0.5, 0.6) is 5.75 Å². The predicted octanol–water partition coefficient (Wildman–Crippen LogP) is 2.70. The first-order valence-corrected chi connectivity index (χ1v) is 5.41. The third kappa shape index (κ3) is 4.12. The van der Waals surface area contributed by atoms with Crippen LogP contribution in [0.2, 0.25) is 0 Å². The molecular weight excluding hydrogens is 282 g/mol. The molecule has 0 aliphatic rings. The second-order valence-corrected chi connectivity index (χ2v) is 3.54. The summed E-state index contributed by atoms with van der Waals surface area (Å²) in [4.78, 5) is 11.3. The van der Waals surface area contributed by atoms with E-state index in [2.05, 4.69) is 9.47 Å². The molecule has 1 aromatic rings. The van der Waals surface area contributed by atoms with Gasteiger partial charge in [-0.1, -0.05) is 0 Å². The molecule has 0 atom stereocenters. The van der Waals surface area contributed by atoms with E-state index in [0.29, 0.717) is 0 Å². The van der Waals surface area contributed by atoms with Gasteiger partial charge in [0, 0.05) is 5.56 Å². The molecule has 0 unspecified atom stereocenters. The van der Waals surface area contributed by atoms with Gasteiger partial charge < -0.3 is 9.47 Å². The number of nitrogens with zero attached hydrogens (tertiary/aromatic N) is 1. The van der Waals surface area contributed by atoms with Gasteiger partial charge in [0.1, 0.15) is 11.9 Å². The fourth-order valence-corrected chi connectivity index (χ4v) is 1.45. The van der Waals surface area contributed by atoms with E-state index in [1.54, 1.807) is 0 Å². The van der Waals surface area contributed by atoms with Crippen LogP contribution < -0.4 is 4.74 Å². The minimum atomic E-state index is -5.11. The summed E-state index contributed by atoms with van der Waals surface area (Å²) < 4.78 is 58.6. The number of esters is 1. The molecule has 4 nitrogen and oxygen atoms in total. The maximum atomic E-state index is 13.6. The molecule has 0 aliphatic heterocycles. The van der Waals surface area contributed by atoms with Crippen LogP contribution in [-0.2, 0) is 16.0 Å². The highest BCUT2D eigenvalue weighted by Crippen LogP contribution is 2.32. The maximum absolute atomic E-state index is 13.6. The fourth-order valence-electron chi connectivity index (χ4n) is 1.45. The Labute approximate surface area is 111 Å². The van der Waals surface area contributed by atoms with Crippen molar-refractivity contribution in [3.05, 3.63) is 29.1 Å². The van der Waals surface area contributed by atoms with Crippen molar-refractivity contribution in [3.63, 3.8) is 0 Å². The number of carbonyl (C=O) groups is 1. The molecule has 0 saturated heterocycles. The Balaban J connectivity index is 3.26. The SMILES string of the molecule is CCOC(=O)Cc1c(F)ccc(C#N)c1OC(F)(F)F. The van der Waals surface area contributed by atoms with Crippen LogP contribution in [-0.4, -0.2) is 18.9 Å². The highest BCUT2D eigenvalue weighted by molar-refractivity contribution is 5.74. The molecule has 0 amide bonds. The van der Waals surface area contributed by atoms with Crippen LogP contribution in [0.4, 0.5) is 17.6 Å². The van der Waals surface area contributed by atoms with Gasteiger partial charge in [-0.2, -0.15) is 5.26 Å². The molecule has 1 aromatic carbocycles. The Kier molecular flexibility index (Phi) is 4.91. The summed E-state index contributed by atoms with van der Waals surface area (Å²) in [5.74, 6) is -3.03. The van der Waals surface area contributed by atoms with E-state index in [0.717, 1.165) is 12.1 Å². The van der Waals surface area contributed by atoms with E-state index in [1.165, 1.54) is 13.0 Å². The molecule has 0 bridgehead atoms. The van der Waals surface area contributed by atoms with Gasteiger partial charge in [-0.25, -0.2) is 4.39 Å². The van der Waals surface area contributed by atoms with Crippen molar-refractivity contribution in [2.45, 2.75) is 19.7 Å². The lowest BCUT2D eigenvalue weighted by Crippen LogP contribution is -2.20. The first-order valence-electron chi connectivity index (χ1n) is 5.41. The Bertz CT molecular complexity index is 549. The topological polar surface area (TPSA) is 59.3 Å². The standard InChI is InChI=1S/C12H9F4NO3/c1-2-19-10(18)5-8-9(13)4-3-7(6-17)11(8)20-12(14,15)16/h3-4H,2,5H2,1H3. The van der Waals surface area contributed by atoms with Gasteiger partial charge in [-0.05, 0) is 19.1 Å². The molecule has 0 radical (unpaired) electrons. The molecular formula is C12H9F4NO3. The number of carbonyl (C=O) groups excluding carboxylic acids is 1. The average molecular weight is 291 g/mol. The lowest BCUT2D eigenvalue weighted by molar-refractivity contribution is -0.275. The molecule has 0 fully saturated rings. The predicted molar refractivity (Wildman–Crippen MR) is 58.1 cm³/mol. The van der Waals surface area contributed by atoms with Crippen molar-refractivity contribution < 1.29 is 31.8 Å². The zero-order valence-electron chi connectivity index (χ0n) is 10.3. The zero-order chi connectivity index (χ0) is 15.3. The highest BCUT2D eigenvalue weighted by atomic mass is 19.4. The average Bonchev–Trinajstić information content (AvgIpc) is 2.32. The summed E-state index contributed by atoms with van der Waals surface area (Å²) in [6.45, 7) is 1.49. The van der Waals surface area contributed by atoms with Crippen LogP contribution in [0.1, 0.15) is 18.1 Å². The summed E-state index contributed by atoms with van der Waals surface area (Å²) in [6, 6.07) is 3.07. The molecule has 108 valence electrons. The fraction of sp³-hybridized carbons (Fsp3) is 0.333. The summed E-state index contributed by atoms with van der Waals surface area (Å²) in [6.07, 6.45) is -5.87. The third-order valence-corrected chi connectivity index (χ3v) is 2.17. The quantitative estimate of drug-likeness (QED) is 0.632. The number of benzene rings is 1. The van der Waals surface area contributed by atoms with E-state index in [4.69, 9.17) is 5.26 Å². The van der Waals surface area contributed by atoms with E-state index in [-0.39, 0.29) is 6.61 Å². The minimum absolute atomic E-state index is 0.00610. The van der Waals surface area contributed by atoms with Crippen molar-refractivity contribution in [3.8, 4) is 11.8 Å². The van der Waals surface area contributed by atoms with Crippen molar-refractivity contribution in [2.24, 2.45) is 0 Å². The second kappa shape index (κ2) is 6.23. The summed E-state index contributed by atoms with van der Waals surface area (Å²) in [5.41, 5.74) is -1.19. The minimum Gasteiger partial charge on any atom is -0.466 e. The highest BCUT2D eigenvalue weighted by Gasteiger charge is 2.34. The molecule has 0 spiro atoms. The van der Waals surface area contributed by atoms with Gasteiger partial charge in [-0.15, -0.1) is 13.2 Å². The van der Waals surface area contributed by atoms with Crippen LogP contribution in [0, 0.1) is 17.1 Å². The van der Waals surface area contributed by atoms with Crippen molar-refractivity contribution >= 4 is 5.97 Å². The number of alkyl halides is 3. The first kappa shape index (κ1) is 15.8. The molecule has 0 N–H and O–H groups in total. The molecule has 0 saturated carbocycles. The Hall–Kier alpha value is -2.30. The number of hydrogen-bond acceptors (Lipinski definition) is 4. The second-order valence-electron chi connectivity index (χ2n) is 3.54. The van der Waals surface area contributed by atoms with Crippen LogP contribution in [0.3, 0.4) is 0 Å². The van der Waals surface area contributed by atoms with Crippen molar-refractivity contribution in [1.29, 1.82) is 5.26 Å². The molecule has 8 heteroatoms. The Morgan fingerprint density at radius 1 is 1.40 bits per heavy atom. The van der Waals surface area contributed by atoms with E-state index < -0.39 is 41.4 Å². The van der Waals surface area contributed by atoms with Gasteiger partial charge in [0.25, 0.3) is 0 Å². The van der Waals surface area contributed by atoms with E-state index in [9.17, 15) is 22.4 Å².